The van der Waals surface area contributed by atoms with E-state index in [0.29, 0.717) is 30.0 Å². The van der Waals surface area contributed by atoms with Crippen LogP contribution in [0.2, 0.25) is 0 Å². The molecular weight excluding hydrogens is 547 g/mol. The molecule has 2 N–H and O–H groups in total. The van der Waals surface area contributed by atoms with Crippen LogP contribution >= 0.6 is 0 Å². The fourth-order valence-corrected chi connectivity index (χ4v) is 4.55. The van der Waals surface area contributed by atoms with E-state index in [2.05, 4.69) is 5.32 Å². The zero-order chi connectivity index (χ0) is 30.7. The molecule has 4 aromatic rings. The van der Waals surface area contributed by atoms with Crippen LogP contribution in [0.4, 0.5) is 13.2 Å². The number of alkyl halides is 3. The van der Waals surface area contributed by atoms with Crippen LogP contribution in [0.3, 0.4) is 0 Å². The monoisotopic (exact) mass is 581 g/mol. The number of ether oxygens (including phenoxy) is 2. The van der Waals surface area contributed by atoms with E-state index in [4.69, 9.17) is 14.6 Å². The van der Waals surface area contributed by atoms with Crippen molar-refractivity contribution < 1.29 is 32.5 Å². The van der Waals surface area contributed by atoms with Crippen LogP contribution in [0.5, 0.6) is 11.5 Å². The van der Waals surface area contributed by atoms with Gasteiger partial charge in [-0.2, -0.15) is 18.3 Å². The lowest BCUT2D eigenvalue weighted by Gasteiger charge is -2.24. The van der Waals surface area contributed by atoms with Gasteiger partial charge in [-0.25, -0.2) is 4.79 Å². The number of methoxy groups -OCH3 is 1. The minimum atomic E-state index is -4.42. The maximum absolute atomic E-state index is 13.1. The van der Waals surface area contributed by atoms with Gasteiger partial charge in [-0.05, 0) is 80.9 Å². The van der Waals surface area contributed by atoms with Gasteiger partial charge in [-0.3, -0.25) is 4.68 Å². The molecule has 7 nitrogen and oxygen atoms in total. The van der Waals surface area contributed by atoms with Crippen molar-refractivity contribution in [1.29, 1.82) is 0 Å². The van der Waals surface area contributed by atoms with Crippen molar-refractivity contribution in [2.75, 3.05) is 14.2 Å². The molecule has 0 spiro atoms. The second-order valence-electron chi connectivity index (χ2n) is 10.6. The summed E-state index contributed by atoms with van der Waals surface area (Å²) in [7, 11) is 3.45. The maximum Gasteiger partial charge on any atom is 0.416 e. The lowest BCUT2D eigenvalue weighted by molar-refractivity contribution is -0.152. The fraction of sp³-hybridized carbons (Fsp3) is 0.312. The van der Waals surface area contributed by atoms with Gasteiger partial charge in [0.2, 0.25) is 0 Å². The average Bonchev–Trinajstić information content (AvgIpc) is 3.34. The molecule has 0 saturated heterocycles. The smallest absolute Gasteiger partial charge is 0.416 e. The Kier molecular flexibility index (Phi) is 8.96. The van der Waals surface area contributed by atoms with Gasteiger partial charge < -0.3 is 19.9 Å². The van der Waals surface area contributed by atoms with E-state index >= 15 is 0 Å². The minimum absolute atomic E-state index is 0.142. The summed E-state index contributed by atoms with van der Waals surface area (Å²) in [4.78, 5) is 11.5. The summed E-state index contributed by atoms with van der Waals surface area (Å²) in [6, 6.07) is 20.0. The number of aryl methyl sites for hydroxylation is 1. The Morgan fingerprint density at radius 3 is 2.24 bits per heavy atom. The Morgan fingerprint density at radius 1 is 1.02 bits per heavy atom. The van der Waals surface area contributed by atoms with Gasteiger partial charge in [-0.15, -0.1) is 0 Å². The van der Waals surface area contributed by atoms with Crippen molar-refractivity contribution in [3.05, 3.63) is 101 Å². The summed E-state index contributed by atoms with van der Waals surface area (Å²) in [5.41, 5.74) is 2.67. The zero-order valence-corrected chi connectivity index (χ0v) is 24.1. The molecule has 10 heteroatoms. The number of halogens is 3. The highest BCUT2D eigenvalue weighted by atomic mass is 19.4. The number of carbonyl (C=O) groups is 1. The Bertz CT molecular complexity index is 1530. The Hall–Kier alpha value is -4.31. The molecule has 42 heavy (non-hydrogen) atoms. The summed E-state index contributed by atoms with van der Waals surface area (Å²) >= 11 is 0. The maximum atomic E-state index is 13.1. The van der Waals surface area contributed by atoms with Crippen LogP contribution in [0.1, 0.15) is 47.8 Å². The topological polar surface area (TPSA) is 85.6 Å². The summed E-state index contributed by atoms with van der Waals surface area (Å²) in [5, 5.41) is 17.6. The lowest BCUT2D eigenvalue weighted by Crippen LogP contribution is -2.38. The first kappa shape index (κ1) is 30.6. The molecule has 0 aliphatic heterocycles. The van der Waals surface area contributed by atoms with Gasteiger partial charge in [0.25, 0.3) is 0 Å². The molecule has 1 aromatic heterocycles. The first-order valence-electron chi connectivity index (χ1n) is 13.4. The van der Waals surface area contributed by atoms with E-state index in [9.17, 15) is 23.1 Å². The Morgan fingerprint density at radius 2 is 1.69 bits per heavy atom. The van der Waals surface area contributed by atoms with Crippen molar-refractivity contribution in [3.8, 4) is 22.8 Å². The molecule has 1 atom stereocenters. The average molecular weight is 582 g/mol. The van der Waals surface area contributed by atoms with Crippen LogP contribution in [0, 0.1) is 6.92 Å². The van der Waals surface area contributed by atoms with Crippen molar-refractivity contribution in [2.45, 2.75) is 51.6 Å². The van der Waals surface area contributed by atoms with Gasteiger partial charge in [0.15, 0.2) is 5.60 Å². The van der Waals surface area contributed by atoms with Gasteiger partial charge in [0.05, 0.1) is 24.9 Å². The van der Waals surface area contributed by atoms with E-state index in [1.54, 1.807) is 13.2 Å². The van der Waals surface area contributed by atoms with E-state index in [-0.39, 0.29) is 6.04 Å². The lowest BCUT2D eigenvalue weighted by atomic mass is 9.99. The molecule has 0 radical (unpaired) electrons. The number of hydrogen-bond acceptors (Lipinski definition) is 5. The van der Waals surface area contributed by atoms with Gasteiger partial charge in [-0.1, -0.05) is 36.4 Å². The van der Waals surface area contributed by atoms with Gasteiger partial charge in [0.1, 0.15) is 11.5 Å². The van der Waals surface area contributed by atoms with E-state index < -0.39 is 23.3 Å². The van der Waals surface area contributed by atoms with Crippen LogP contribution in [0.25, 0.3) is 11.3 Å². The number of rotatable bonds is 11. The molecular formula is C32H34F3N3O4. The molecule has 222 valence electrons. The predicted molar refractivity (Wildman–Crippen MR) is 154 cm³/mol. The number of likely N-dealkylation sites (N-methyl/N-ethyl adjacent to an activating group) is 1. The second kappa shape index (κ2) is 12.3. The third-order valence-corrected chi connectivity index (χ3v) is 7.11. The van der Waals surface area contributed by atoms with E-state index in [0.717, 1.165) is 40.3 Å². The SMILES string of the molecule is CNC(Cc1cc(-c2ccc(C(F)(F)F)cc2)nn1Cc1ccc(OC)cc1)c1ccc(OC(C)(C)C(=O)O)c(C)c1. The quantitative estimate of drug-likeness (QED) is 0.206. The molecule has 0 aliphatic rings. The van der Waals surface area contributed by atoms with Crippen molar-refractivity contribution >= 4 is 5.97 Å². The number of aromatic nitrogens is 2. The molecule has 3 aromatic carbocycles. The molecule has 0 bridgehead atoms. The standard InChI is InChI=1S/C32H34F3N3O4/c1-20-16-23(10-15-29(20)42-31(2,3)30(39)40)27(36-4)17-25-18-28(22-8-11-24(12-9-22)32(33,34)35)37-38(25)19-21-6-13-26(41-5)14-7-21/h6-16,18,27,36H,17,19H2,1-5H3,(H,39,40). The predicted octanol–water partition coefficient (Wildman–Crippen LogP) is 6.68. The van der Waals surface area contributed by atoms with Gasteiger partial charge in [0, 0.05) is 23.7 Å². The zero-order valence-electron chi connectivity index (χ0n) is 24.1. The number of aliphatic carboxylic acids is 1. The van der Waals surface area contributed by atoms with Crippen LogP contribution in [0.15, 0.2) is 72.8 Å². The van der Waals surface area contributed by atoms with Crippen molar-refractivity contribution in [1.82, 2.24) is 15.1 Å². The molecule has 1 unspecified atom stereocenters. The summed E-state index contributed by atoms with van der Waals surface area (Å²) in [6.07, 6.45) is -3.89. The Balaban J connectivity index is 1.66. The highest BCUT2D eigenvalue weighted by molar-refractivity contribution is 5.76. The molecule has 1 heterocycles. The highest BCUT2D eigenvalue weighted by Crippen LogP contribution is 2.32. The normalized spacial score (nSPS) is 12.7. The second-order valence-corrected chi connectivity index (χ2v) is 10.6. The van der Waals surface area contributed by atoms with E-state index in [1.807, 2.05) is 61.1 Å². The summed E-state index contributed by atoms with van der Waals surface area (Å²) < 4.78 is 52.3. The van der Waals surface area contributed by atoms with Crippen molar-refractivity contribution in [2.24, 2.45) is 0 Å². The third-order valence-electron chi connectivity index (χ3n) is 7.11. The molecule has 4 rings (SSSR count). The number of benzene rings is 3. The van der Waals surface area contributed by atoms with Crippen LogP contribution < -0.4 is 14.8 Å². The summed E-state index contributed by atoms with van der Waals surface area (Å²) in [5.74, 6) is 0.151. The summed E-state index contributed by atoms with van der Waals surface area (Å²) in [6.45, 7) is 5.31. The first-order chi connectivity index (χ1) is 19.8. The third kappa shape index (κ3) is 7.12. The molecule has 0 amide bonds. The number of nitrogens with zero attached hydrogens (tertiary/aromatic N) is 2. The molecule has 0 aliphatic carbocycles. The number of hydrogen-bond donors (Lipinski definition) is 2. The minimum Gasteiger partial charge on any atom is -0.497 e. The van der Waals surface area contributed by atoms with Gasteiger partial charge >= 0.3 is 12.1 Å². The van der Waals surface area contributed by atoms with Crippen LogP contribution in [-0.4, -0.2) is 40.6 Å². The fourth-order valence-electron chi connectivity index (χ4n) is 4.55. The van der Waals surface area contributed by atoms with Crippen molar-refractivity contribution in [3.63, 3.8) is 0 Å². The van der Waals surface area contributed by atoms with Crippen LogP contribution in [-0.2, 0) is 23.9 Å². The van der Waals surface area contributed by atoms with E-state index in [1.165, 1.54) is 26.0 Å². The first-order valence-corrected chi connectivity index (χ1v) is 13.4. The number of carboxylic acid groups (broad SMARTS) is 1. The molecule has 0 saturated carbocycles. The molecule has 0 fully saturated rings. The Labute approximate surface area is 242 Å². The highest BCUT2D eigenvalue weighted by Gasteiger charge is 2.31. The largest absolute Gasteiger partial charge is 0.497 e. The number of nitrogens with one attached hydrogen (secondary N) is 1. The number of carboxylic acids is 1.